The third-order valence-corrected chi connectivity index (χ3v) is 7.54. The Kier molecular flexibility index (Phi) is 7.22. The normalized spacial score (nSPS) is 15.6. The van der Waals surface area contributed by atoms with E-state index in [1.54, 1.807) is 21.7 Å². The average molecular weight is 542 g/mol. The van der Waals surface area contributed by atoms with Crippen LogP contribution in [0.15, 0.2) is 66.7 Å². The first-order valence-electron chi connectivity index (χ1n) is 13.6. The number of benzene rings is 3. The van der Waals surface area contributed by atoms with Gasteiger partial charge in [0.1, 0.15) is 23.9 Å². The molecule has 1 aromatic heterocycles. The van der Waals surface area contributed by atoms with E-state index in [2.05, 4.69) is 15.6 Å². The van der Waals surface area contributed by atoms with Crippen molar-refractivity contribution in [3.8, 4) is 17.2 Å². The lowest BCUT2D eigenvalue weighted by atomic mass is 9.94. The van der Waals surface area contributed by atoms with Crippen molar-refractivity contribution >= 4 is 22.8 Å². The van der Waals surface area contributed by atoms with Crippen LogP contribution in [0.3, 0.4) is 0 Å². The number of aromatic nitrogens is 3. The van der Waals surface area contributed by atoms with Crippen LogP contribution in [-0.4, -0.2) is 49.6 Å². The van der Waals surface area contributed by atoms with Crippen molar-refractivity contribution < 1.29 is 24.2 Å². The monoisotopic (exact) mass is 541 g/mol. The number of amides is 2. The standard InChI is InChI=1S/C30H31N5O5/c36-23-13-11-21(12-14-23)29(30(38)31-22-6-2-1-3-7-22)34(17-20-10-15-26-27(16-20)40-19-39-26)28(37)18-35-25-9-5-4-8-24(25)32-33-35/h4-5,8-16,22,29,36H,1-3,6-7,17-19H2,(H,31,38). The van der Waals surface area contributed by atoms with Gasteiger partial charge in [0.2, 0.25) is 18.6 Å². The molecule has 2 heterocycles. The number of nitrogens with one attached hydrogen (secondary N) is 1. The van der Waals surface area contributed by atoms with Crippen LogP contribution in [0, 0.1) is 0 Å². The number of phenolic OH excluding ortho intramolecular Hbond substituents is 1. The van der Waals surface area contributed by atoms with Gasteiger partial charge in [0.15, 0.2) is 11.5 Å². The molecule has 0 radical (unpaired) electrons. The fourth-order valence-corrected chi connectivity index (χ4v) is 5.47. The summed E-state index contributed by atoms with van der Waals surface area (Å²) >= 11 is 0. The van der Waals surface area contributed by atoms with Gasteiger partial charge in [0, 0.05) is 12.6 Å². The van der Waals surface area contributed by atoms with E-state index in [1.807, 2.05) is 42.5 Å². The Morgan fingerprint density at radius 1 is 1.00 bits per heavy atom. The summed E-state index contributed by atoms with van der Waals surface area (Å²) in [5.74, 6) is 0.763. The van der Waals surface area contributed by atoms with E-state index in [9.17, 15) is 14.7 Å². The molecule has 2 N–H and O–H groups in total. The zero-order chi connectivity index (χ0) is 27.5. The summed E-state index contributed by atoms with van der Waals surface area (Å²) in [5.41, 5.74) is 2.80. The molecule has 2 amide bonds. The Morgan fingerprint density at radius 3 is 2.60 bits per heavy atom. The lowest BCUT2D eigenvalue weighted by Gasteiger charge is -2.33. The summed E-state index contributed by atoms with van der Waals surface area (Å²) in [5, 5.41) is 21.6. The van der Waals surface area contributed by atoms with Crippen molar-refractivity contribution in [3.63, 3.8) is 0 Å². The van der Waals surface area contributed by atoms with Crippen LogP contribution in [-0.2, 0) is 22.7 Å². The highest BCUT2D eigenvalue weighted by molar-refractivity contribution is 5.89. The number of hydrogen-bond acceptors (Lipinski definition) is 7. The number of fused-ring (bicyclic) bond motifs is 2. The first-order chi connectivity index (χ1) is 19.5. The highest BCUT2D eigenvalue weighted by atomic mass is 16.7. The van der Waals surface area contributed by atoms with Crippen molar-refractivity contribution in [1.82, 2.24) is 25.2 Å². The summed E-state index contributed by atoms with van der Waals surface area (Å²) in [4.78, 5) is 29.7. The Labute approximate surface area is 231 Å². The summed E-state index contributed by atoms with van der Waals surface area (Å²) < 4.78 is 12.6. The highest BCUT2D eigenvalue weighted by Crippen LogP contribution is 2.34. The number of hydrogen-bond donors (Lipinski definition) is 2. The first-order valence-corrected chi connectivity index (χ1v) is 13.6. The van der Waals surface area contributed by atoms with Crippen molar-refractivity contribution in [1.29, 1.82) is 0 Å². The molecule has 2 aliphatic rings. The minimum absolute atomic E-state index is 0.0580. The molecule has 1 unspecified atom stereocenters. The van der Waals surface area contributed by atoms with Crippen LogP contribution >= 0.6 is 0 Å². The van der Waals surface area contributed by atoms with Gasteiger partial charge in [-0.05, 0) is 60.4 Å². The molecule has 3 aromatic carbocycles. The molecule has 206 valence electrons. The smallest absolute Gasteiger partial charge is 0.247 e. The minimum Gasteiger partial charge on any atom is -0.508 e. The largest absolute Gasteiger partial charge is 0.508 e. The number of para-hydroxylation sites is 1. The summed E-state index contributed by atoms with van der Waals surface area (Å²) in [7, 11) is 0. The summed E-state index contributed by atoms with van der Waals surface area (Å²) in [6.07, 6.45) is 5.11. The molecule has 1 fully saturated rings. The summed E-state index contributed by atoms with van der Waals surface area (Å²) in [6.45, 7) is 0.183. The molecule has 0 bridgehead atoms. The predicted octanol–water partition coefficient (Wildman–Crippen LogP) is 4.08. The number of ether oxygens (including phenoxy) is 2. The molecular formula is C30H31N5O5. The zero-order valence-corrected chi connectivity index (χ0v) is 22.0. The van der Waals surface area contributed by atoms with Crippen molar-refractivity contribution in [2.45, 2.75) is 57.3 Å². The number of rotatable bonds is 8. The molecule has 1 saturated carbocycles. The van der Waals surface area contributed by atoms with Crippen LogP contribution in [0.25, 0.3) is 11.0 Å². The molecular weight excluding hydrogens is 510 g/mol. The zero-order valence-electron chi connectivity index (χ0n) is 22.0. The van der Waals surface area contributed by atoms with E-state index in [0.29, 0.717) is 22.6 Å². The van der Waals surface area contributed by atoms with Crippen LogP contribution < -0.4 is 14.8 Å². The van der Waals surface area contributed by atoms with Crippen molar-refractivity contribution in [2.75, 3.05) is 6.79 Å². The van der Waals surface area contributed by atoms with Gasteiger partial charge in [0.05, 0.1) is 5.52 Å². The highest BCUT2D eigenvalue weighted by Gasteiger charge is 2.34. The van der Waals surface area contributed by atoms with E-state index in [1.165, 1.54) is 12.1 Å². The van der Waals surface area contributed by atoms with E-state index in [-0.39, 0.29) is 43.5 Å². The molecule has 1 aliphatic carbocycles. The van der Waals surface area contributed by atoms with Crippen molar-refractivity contribution in [2.24, 2.45) is 0 Å². The van der Waals surface area contributed by atoms with Gasteiger partial charge in [-0.1, -0.05) is 54.8 Å². The van der Waals surface area contributed by atoms with E-state index >= 15 is 0 Å². The van der Waals surface area contributed by atoms with E-state index in [0.717, 1.165) is 43.2 Å². The quantitative estimate of drug-likeness (QED) is 0.345. The molecule has 4 aromatic rings. The van der Waals surface area contributed by atoms with Crippen LogP contribution in [0.4, 0.5) is 0 Å². The second-order valence-corrected chi connectivity index (χ2v) is 10.3. The van der Waals surface area contributed by atoms with Gasteiger partial charge < -0.3 is 24.8 Å². The number of nitrogens with zero attached hydrogens (tertiary/aromatic N) is 4. The third kappa shape index (κ3) is 5.42. The first kappa shape index (κ1) is 25.7. The van der Waals surface area contributed by atoms with Gasteiger partial charge in [-0.15, -0.1) is 5.10 Å². The topological polar surface area (TPSA) is 119 Å². The molecule has 0 spiro atoms. The van der Waals surface area contributed by atoms with E-state index < -0.39 is 6.04 Å². The predicted molar refractivity (Wildman–Crippen MR) is 147 cm³/mol. The number of carbonyl (C=O) groups is 2. The molecule has 10 nitrogen and oxygen atoms in total. The Bertz CT molecular complexity index is 1510. The van der Waals surface area contributed by atoms with E-state index in [4.69, 9.17) is 9.47 Å². The average Bonchev–Trinajstić information content (AvgIpc) is 3.61. The second kappa shape index (κ2) is 11.3. The number of carbonyl (C=O) groups excluding carboxylic acids is 2. The molecule has 40 heavy (non-hydrogen) atoms. The SMILES string of the molecule is O=C(NC1CCCCC1)C(c1ccc(O)cc1)N(Cc1ccc2c(c1)OCO2)C(=O)Cn1nnc2ccccc21. The Morgan fingerprint density at radius 2 is 1.77 bits per heavy atom. The van der Waals surface area contributed by atoms with Crippen LogP contribution in [0.1, 0.15) is 49.3 Å². The lowest BCUT2D eigenvalue weighted by molar-refractivity contribution is -0.142. The third-order valence-electron chi connectivity index (χ3n) is 7.54. The van der Waals surface area contributed by atoms with Crippen LogP contribution in [0.5, 0.6) is 17.2 Å². The molecule has 1 aliphatic heterocycles. The summed E-state index contributed by atoms with van der Waals surface area (Å²) in [6, 6.07) is 18.5. The molecule has 6 rings (SSSR count). The Hall–Kier alpha value is -4.60. The van der Waals surface area contributed by atoms with Gasteiger partial charge in [-0.25, -0.2) is 4.68 Å². The maximum atomic E-state index is 14.1. The Balaban J connectivity index is 1.37. The van der Waals surface area contributed by atoms with Gasteiger partial charge in [0.25, 0.3) is 0 Å². The maximum Gasteiger partial charge on any atom is 0.247 e. The lowest BCUT2D eigenvalue weighted by Crippen LogP contribution is -2.47. The maximum absolute atomic E-state index is 14.1. The molecule has 0 saturated heterocycles. The second-order valence-electron chi connectivity index (χ2n) is 10.3. The van der Waals surface area contributed by atoms with Crippen LogP contribution in [0.2, 0.25) is 0 Å². The van der Waals surface area contributed by atoms with Crippen molar-refractivity contribution in [3.05, 3.63) is 77.9 Å². The fraction of sp³-hybridized carbons (Fsp3) is 0.333. The van der Waals surface area contributed by atoms with Gasteiger partial charge in [-0.2, -0.15) is 0 Å². The number of aromatic hydroxyl groups is 1. The minimum atomic E-state index is -0.935. The van der Waals surface area contributed by atoms with Gasteiger partial charge in [-0.3, -0.25) is 9.59 Å². The fourth-order valence-electron chi connectivity index (χ4n) is 5.47. The van der Waals surface area contributed by atoms with Gasteiger partial charge >= 0.3 is 0 Å². The number of phenols is 1. The molecule has 1 atom stereocenters. The molecule has 10 heteroatoms.